The fourth-order valence-electron chi connectivity index (χ4n) is 2.92. The van der Waals surface area contributed by atoms with Crippen LogP contribution >= 0.6 is 0 Å². The molecule has 3 N–H and O–H groups in total. The van der Waals surface area contributed by atoms with Crippen molar-refractivity contribution in [2.45, 2.75) is 88.6 Å². The molecule has 5 nitrogen and oxygen atoms in total. The summed E-state index contributed by atoms with van der Waals surface area (Å²) in [6, 6.07) is -0.600. The molecule has 1 aliphatic rings. The minimum atomic E-state index is -4.31. The third-order valence-electron chi connectivity index (χ3n) is 4.36. The summed E-state index contributed by atoms with van der Waals surface area (Å²) in [6.45, 7) is 1.11. The molecule has 1 aliphatic heterocycles. The molecule has 29 heavy (non-hydrogen) atoms. The van der Waals surface area contributed by atoms with Gasteiger partial charge in [-0.25, -0.2) is 4.79 Å². The fraction of sp³-hybridized carbons (Fsp3) is 0.941. The zero-order valence-corrected chi connectivity index (χ0v) is 16.9. The lowest BCUT2D eigenvalue weighted by atomic mass is 10.0. The molecular formula is C17H28ClF6NO4. The van der Waals surface area contributed by atoms with Gasteiger partial charge in [-0.2, -0.15) is 26.3 Å². The van der Waals surface area contributed by atoms with Crippen molar-refractivity contribution in [3.63, 3.8) is 0 Å². The van der Waals surface area contributed by atoms with Gasteiger partial charge in [-0.05, 0) is 32.6 Å². The SMILES string of the molecule is C[C@@H]1OC(=O)[C@@H]([NH3+])CCC[C@H](OCCCC(F)(F)F)[C@H]1OCCCC(F)(F)F.[Cl-]. The van der Waals surface area contributed by atoms with Crippen LogP contribution in [0.4, 0.5) is 26.3 Å². The van der Waals surface area contributed by atoms with Crippen molar-refractivity contribution >= 4 is 5.97 Å². The lowest BCUT2D eigenvalue weighted by Crippen LogP contribution is -3.00. The first-order chi connectivity index (χ1) is 12.9. The molecule has 1 rings (SSSR count). The Kier molecular flexibility index (Phi) is 12.5. The van der Waals surface area contributed by atoms with Crippen LogP contribution in [0.5, 0.6) is 0 Å². The number of hydrogen-bond acceptors (Lipinski definition) is 4. The highest BCUT2D eigenvalue weighted by Crippen LogP contribution is 2.25. The van der Waals surface area contributed by atoms with E-state index in [2.05, 4.69) is 5.73 Å². The van der Waals surface area contributed by atoms with Gasteiger partial charge in [-0.15, -0.1) is 0 Å². The van der Waals surface area contributed by atoms with E-state index in [4.69, 9.17) is 14.2 Å². The molecule has 1 heterocycles. The first-order valence-corrected chi connectivity index (χ1v) is 9.29. The van der Waals surface area contributed by atoms with Gasteiger partial charge in [0.2, 0.25) is 0 Å². The number of quaternary nitrogens is 1. The minimum absolute atomic E-state index is 0. The van der Waals surface area contributed by atoms with Gasteiger partial charge in [0, 0.05) is 32.5 Å². The second kappa shape index (κ2) is 12.8. The number of esters is 1. The predicted molar refractivity (Wildman–Crippen MR) is 86.1 cm³/mol. The van der Waals surface area contributed by atoms with E-state index < -0.39 is 55.5 Å². The summed E-state index contributed by atoms with van der Waals surface area (Å²) >= 11 is 0. The Morgan fingerprint density at radius 2 is 1.52 bits per heavy atom. The molecule has 0 spiro atoms. The van der Waals surface area contributed by atoms with E-state index in [-0.39, 0.29) is 38.5 Å². The van der Waals surface area contributed by atoms with Gasteiger partial charge in [0.15, 0.2) is 6.04 Å². The van der Waals surface area contributed by atoms with Crippen LogP contribution in [0.15, 0.2) is 0 Å². The van der Waals surface area contributed by atoms with Gasteiger partial charge >= 0.3 is 18.3 Å². The summed E-state index contributed by atoms with van der Waals surface area (Å²) in [6.07, 6.45) is -12.2. The molecule has 1 saturated heterocycles. The van der Waals surface area contributed by atoms with E-state index in [0.717, 1.165) is 0 Å². The van der Waals surface area contributed by atoms with Crippen LogP contribution in [0, 0.1) is 0 Å². The fourth-order valence-corrected chi connectivity index (χ4v) is 2.92. The Morgan fingerprint density at radius 1 is 1.00 bits per heavy atom. The molecule has 0 saturated carbocycles. The average Bonchev–Trinajstić information content (AvgIpc) is 2.58. The molecule has 0 aromatic carbocycles. The maximum absolute atomic E-state index is 12.3. The largest absolute Gasteiger partial charge is 1.00 e. The monoisotopic (exact) mass is 459 g/mol. The zero-order chi connectivity index (χ0) is 21.4. The standard InChI is InChI=1S/C17H27F6NO4.ClH/c1-11-14(27-10-4-8-17(21,22)23)13(26-9-3-7-16(18,19)20)6-2-5-12(24)15(25)28-11;/h11-14H,2-10,24H2,1H3;1H/t11-,12-,13-,14-;/m0./s1. The molecule has 0 unspecified atom stereocenters. The number of ether oxygens (including phenoxy) is 3. The topological polar surface area (TPSA) is 72.4 Å². The van der Waals surface area contributed by atoms with Crippen molar-refractivity contribution in [1.82, 2.24) is 0 Å². The van der Waals surface area contributed by atoms with Gasteiger partial charge in [0.1, 0.15) is 12.2 Å². The normalized spacial score (nSPS) is 26.7. The number of cyclic esters (lactones) is 1. The number of carbonyl (C=O) groups is 1. The molecule has 0 aromatic rings. The molecule has 0 bridgehead atoms. The van der Waals surface area contributed by atoms with E-state index in [1.807, 2.05) is 0 Å². The van der Waals surface area contributed by atoms with Crippen LogP contribution < -0.4 is 18.1 Å². The Balaban J connectivity index is 0.00000784. The Hall–Kier alpha value is -0.780. The van der Waals surface area contributed by atoms with Crippen LogP contribution in [-0.4, -0.2) is 55.9 Å². The number of carbonyl (C=O) groups excluding carboxylic acids is 1. The minimum Gasteiger partial charge on any atom is -1.00 e. The van der Waals surface area contributed by atoms with E-state index in [0.29, 0.717) is 19.3 Å². The summed E-state index contributed by atoms with van der Waals surface area (Å²) in [5, 5.41) is 0. The van der Waals surface area contributed by atoms with E-state index in [1.165, 1.54) is 6.92 Å². The van der Waals surface area contributed by atoms with Crippen molar-refractivity contribution in [2.24, 2.45) is 0 Å². The molecular weight excluding hydrogens is 432 g/mol. The van der Waals surface area contributed by atoms with Gasteiger partial charge in [0.25, 0.3) is 0 Å². The summed E-state index contributed by atoms with van der Waals surface area (Å²) in [5.41, 5.74) is 3.71. The van der Waals surface area contributed by atoms with Crippen molar-refractivity contribution in [3.05, 3.63) is 0 Å². The molecule has 4 atom stereocenters. The quantitative estimate of drug-likeness (QED) is 0.319. The van der Waals surface area contributed by atoms with Crippen LogP contribution in [-0.2, 0) is 19.0 Å². The Labute approximate surface area is 172 Å². The van der Waals surface area contributed by atoms with Crippen molar-refractivity contribution in [2.75, 3.05) is 13.2 Å². The second-order valence-corrected chi connectivity index (χ2v) is 6.95. The second-order valence-electron chi connectivity index (χ2n) is 6.95. The highest BCUT2D eigenvalue weighted by Gasteiger charge is 2.36. The van der Waals surface area contributed by atoms with E-state index in [9.17, 15) is 31.1 Å². The lowest BCUT2D eigenvalue weighted by Gasteiger charge is -2.31. The molecule has 174 valence electrons. The predicted octanol–water partition coefficient (Wildman–Crippen LogP) is 0.172. The highest BCUT2D eigenvalue weighted by atomic mass is 35.5. The molecule has 1 fully saturated rings. The molecule has 0 radical (unpaired) electrons. The van der Waals surface area contributed by atoms with Crippen LogP contribution in [0.2, 0.25) is 0 Å². The first-order valence-electron chi connectivity index (χ1n) is 9.29. The number of hydrogen-bond donors (Lipinski definition) is 1. The Morgan fingerprint density at radius 3 is 2.03 bits per heavy atom. The lowest BCUT2D eigenvalue weighted by molar-refractivity contribution is -0.410. The van der Waals surface area contributed by atoms with E-state index in [1.54, 1.807) is 0 Å². The van der Waals surface area contributed by atoms with Crippen molar-refractivity contribution in [1.29, 1.82) is 0 Å². The summed E-state index contributed by atoms with van der Waals surface area (Å²) in [5.74, 6) is -0.547. The summed E-state index contributed by atoms with van der Waals surface area (Å²) in [7, 11) is 0. The van der Waals surface area contributed by atoms with Gasteiger partial charge < -0.3 is 32.4 Å². The highest BCUT2D eigenvalue weighted by molar-refractivity contribution is 5.74. The van der Waals surface area contributed by atoms with Gasteiger partial charge in [0.05, 0.1) is 6.10 Å². The molecule has 0 amide bonds. The zero-order valence-electron chi connectivity index (χ0n) is 16.2. The first kappa shape index (κ1) is 28.2. The maximum Gasteiger partial charge on any atom is 0.389 e. The molecule has 0 aromatic heterocycles. The summed E-state index contributed by atoms with van der Waals surface area (Å²) in [4.78, 5) is 12.0. The maximum atomic E-state index is 12.3. The third-order valence-corrected chi connectivity index (χ3v) is 4.36. The van der Waals surface area contributed by atoms with Crippen LogP contribution in [0.3, 0.4) is 0 Å². The smallest absolute Gasteiger partial charge is 0.389 e. The Bertz CT molecular complexity index is 478. The van der Waals surface area contributed by atoms with Gasteiger partial charge in [-0.1, -0.05) is 0 Å². The average molecular weight is 460 g/mol. The van der Waals surface area contributed by atoms with Gasteiger partial charge in [-0.3, -0.25) is 0 Å². The van der Waals surface area contributed by atoms with Crippen LogP contribution in [0.1, 0.15) is 51.9 Å². The van der Waals surface area contributed by atoms with Crippen LogP contribution in [0.25, 0.3) is 0 Å². The van der Waals surface area contributed by atoms with Crippen molar-refractivity contribution in [3.8, 4) is 0 Å². The van der Waals surface area contributed by atoms with E-state index >= 15 is 0 Å². The molecule has 12 heteroatoms. The number of halogens is 7. The van der Waals surface area contributed by atoms with Crippen molar-refractivity contribution < 1.29 is 63.5 Å². The molecule has 0 aliphatic carbocycles. The summed E-state index contributed by atoms with van der Waals surface area (Å²) < 4.78 is 90.1. The third kappa shape index (κ3) is 12.5. The number of rotatable bonds is 8. The number of alkyl halides is 6.